The van der Waals surface area contributed by atoms with E-state index in [1.165, 1.54) is 12.1 Å². The third-order valence-corrected chi connectivity index (χ3v) is 3.13. The predicted molar refractivity (Wildman–Crippen MR) is 71.3 cm³/mol. The number of rotatable bonds is 2. The molecular formula is C15H12F3NO. The SMILES string of the molecule is FC(F)(F)Oc1ccc2cc(C3=CCCC=C3)[nH]c2c1. The molecule has 2 aromatic rings. The number of allylic oxidation sites excluding steroid dienone is 4. The Morgan fingerprint density at radius 1 is 1.10 bits per heavy atom. The van der Waals surface area contributed by atoms with E-state index in [4.69, 9.17) is 0 Å². The molecule has 1 aromatic carbocycles. The minimum absolute atomic E-state index is 0.216. The van der Waals surface area contributed by atoms with E-state index in [-0.39, 0.29) is 5.75 Å². The standard InChI is InChI=1S/C15H12F3NO/c16-15(17,18)20-12-7-6-11-8-13(19-14(11)9-12)10-4-2-1-3-5-10/h2,4-9,19H,1,3H2. The van der Waals surface area contributed by atoms with E-state index in [9.17, 15) is 13.2 Å². The molecule has 1 heterocycles. The van der Waals surface area contributed by atoms with E-state index in [1.807, 2.05) is 12.1 Å². The topological polar surface area (TPSA) is 25.0 Å². The van der Waals surface area contributed by atoms with Gasteiger partial charge in [0.15, 0.2) is 0 Å². The largest absolute Gasteiger partial charge is 0.573 e. The highest BCUT2D eigenvalue weighted by atomic mass is 19.4. The fourth-order valence-corrected chi connectivity index (χ4v) is 2.27. The average molecular weight is 279 g/mol. The summed E-state index contributed by atoms with van der Waals surface area (Å²) in [6.07, 6.45) is 3.53. The molecule has 0 saturated carbocycles. The summed E-state index contributed by atoms with van der Waals surface area (Å²) in [4.78, 5) is 3.12. The lowest BCUT2D eigenvalue weighted by Crippen LogP contribution is -2.16. The molecule has 0 fully saturated rings. The van der Waals surface area contributed by atoms with Crippen molar-refractivity contribution in [3.63, 3.8) is 0 Å². The van der Waals surface area contributed by atoms with Crippen molar-refractivity contribution in [2.24, 2.45) is 0 Å². The summed E-state index contributed by atoms with van der Waals surface area (Å²) in [5.41, 5.74) is 2.59. The van der Waals surface area contributed by atoms with Gasteiger partial charge in [0, 0.05) is 22.7 Å². The molecular weight excluding hydrogens is 267 g/mol. The molecule has 2 nitrogen and oxygen atoms in total. The maximum Gasteiger partial charge on any atom is 0.573 e. The van der Waals surface area contributed by atoms with Gasteiger partial charge < -0.3 is 9.72 Å². The summed E-state index contributed by atoms with van der Waals surface area (Å²) in [5, 5.41) is 0.856. The monoisotopic (exact) mass is 279 g/mol. The predicted octanol–water partition coefficient (Wildman–Crippen LogP) is 4.80. The van der Waals surface area contributed by atoms with E-state index in [2.05, 4.69) is 21.9 Å². The summed E-state index contributed by atoms with van der Waals surface area (Å²) in [6.45, 7) is 0. The van der Waals surface area contributed by atoms with Crippen molar-refractivity contribution in [1.82, 2.24) is 4.98 Å². The zero-order valence-corrected chi connectivity index (χ0v) is 10.5. The lowest BCUT2D eigenvalue weighted by molar-refractivity contribution is -0.274. The molecule has 0 unspecified atom stereocenters. The van der Waals surface area contributed by atoms with Crippen molar-refractivity contribution < 1.29 is 17.9 Å². The molecule has 1 N–H and O–H groups in total. The summed E-state index contributed by atoms with van der Waals surface area (Å²) < 4.78 is 40.5. The van der Waals surface area contributed by atoms with Crippen LogP contribution in [0.5, 0.6) is 5.75 Å². The van der Waals surface area contributed by atoms with E-state index in [1.54, 1.807) is 6.07 Å². The lowest BCUT2D eigenvalue weighted by atomic mass is 10.0. The fraction of sp³-hybridized carbons (Fsp3) is 0.200. The van der Waals surface area contributed by atoms with Crippen LogP contribution in [0.25, 0.3) is 16.5 Å². The van der Waals surface area contributed by atoms with E-state index < -0.39 is 6.36 Å². The van der Waals surface area contributed by atoms with Crippen LogP contribution in [0, 0.1) is 0 Å². The van der Waals surface area contributed by atoms with Gasteiger partial charge in [-0.25, -0.2) is 0 Å². The van der Waals surface area contributed by atoms with Gasteiger partial charge >= 0.3 is 6.36 Å². The first-order valence-corrected chi connectivity index (χ1v) is 6.27. The number of alkyl halides is 3. The van der Waals surface area contributed by atoms with Crippen LogP contribution in [0.2, 0.25) is 0 Å². The van der Waals surface area contributed by atoms with Gasteiger partial charge in [-0.15, -0.1) is 13.2 Å². The maximum absolute atomic E-state index is 12.2. The molecule has 20 heavy (non-hydrogen) atoms. The Kier molecular flexibility index (Phi) is 3.04. The number of aromatic amines is 1. The van der Waals surface area contributed by atoms with Crippen molar-refractivity contribution in [2.75, 3.05) is 0 Å². The normalized spacial score (nSPS) is 15.4. The molecule has 0 amide bonds. The highest BCUT2D eigenvalue weighted by Gasteiger charge is 2.31. The summed E-state index contributed by atoms with van der Waals surface area (Å²) in [6, 6.07) is 6.22. The van der Waals surface area contributed by atoms with Crippen LogP contribution in [0.3, 0.4) is 0 Å². The van der Waals surface area contributed by atoms with E-state index in [0.717, 1.165) is 29.5 Å². The van der Waals surface area contributed by atoms with Crippen molar-refractivity contribution in [1.29, 1.82) is 0 Å². The molecule has 5 heteroatoms. The number of aromatic nitrogens is 1. The average Bonchev–Trinajstić information content (AvgIpc) is 2.81. The van der Waals surface area contributed by atoms with Crippen molar-refractivity contribution in [3.05, 3.63) is 48.2 Å². The molecule has 0 atom stereocenters. The Labute approximate surface area is 113 Å². The summed E-state index contributed by atoms with van der Waals surface area (Å²) in [7, 11) is 0. The smallest absolute Gasteiger partial charge is 0.406 e. The molecule has 1 aliphatic carbocycles. The minimum Gasteiger partial charge on any atom is -0.406 e. The van der Waals surface area contributed by atoms with Gasteiger partial charge in [-0.1, -0.05) is 18.2 Å². The quantitative estimate of drug-likeness (QED) is 0.839. The number of ether oxygens (including phenoxy) is 1. The van der Waals surface area contributed by atoms with Gasteiger partial charge in [0.05, 0.1) is 0 Å². The number of hydrogen-bond donors (Lipinski definition) is 1. The Bertz CT molecular complexity index is 695. The van der Waals surface area contributed by atoms with Crippen LogP contribution in [0.4, 0.5) is 13.2 Å². The number of benzene rings is 1. The van der Waals surface area contributed by atoms with E-state index >= 15 is 0 Å². The second-order valence-electron chi connectivity index (χ2n) is 4.62. The molecule has 104 valence electrons. The van der Waals surface area contributed by atoms with Crippen molar-refractivity contribution >= 4 is 16.5 Å². The third-order valence-electron chi connectivity index (χ3n) is 3.13. The van der Waals surface area contributed by atoms with Crippen LogP contribution in [0.15, 0.2) is 42.5 Å². The first-order chi connectivity index (χ1) is 9.51. The minimum atomic E-state index is -4.67. The second-order valence-corrected chi connectivity index (χ2v) is 4.62. The third kappa shape index (κ3) is 2.71. The molecule has 0 saturated heterocycles. The van der Waals surface area contributed by atoms with Gasteiger partial charge in [-0.3, -0.25) is 0 Å². The Balaban J connectivity index is 1.95. The first-order valence-electron chi connectivity index (χ1n) is 6.27. The van der Waals surface area contributed by atoms with Crippen LogP contribution < -0.4 is 4.74 Å². The Hall–Kier alpha value is -2.17. The maximum atomic E-state index is 12.2. The molecule has 3 rings (SSSR count). The summed E-state index contributed by atoms with van der Waals surface area (Å²) in [5.74, 6) is -0.216. The molecule has 0 bridgehead atoms. The van der Waals surface area contributed by atoms with Crippen molar-refractivity contribution in [3.8, 4) is 5.75 Å². The highest BCUT2D eigenvalue weighted by Crippen LogP contribution is 2.29. The Morgan fingerprint density at radius 3 is 2.65 bits per heavy atom. The van der Waals surface area contributed by atoms with Crippen LogP contribution in [-0.2, 0) is 0 Å². The van der Waals surface area contributed by atoms with Crippen LogP contribution in [0.1, 0.15) is 18.5 Å². The lowest BCUT2D eigenvalue weighted by Gasteiger charge is -2.08. The Morgan fingerprint density at radius 2 is 1.95 bits per heavy atom. The highest BCUT2D eigenvalue weighted by molar-refractivity contribution is 5.87. The molecule has 0 aliphatic heterocycles. The number of fused-ring (bicyclic) bond motifs is 1. The molecule has 1 aliphatic rings. The number of hydrogen-bond acceptors (Lipinski definition) is 1. The fourth-order valence-electron chi connectivity index (χ4n) is 2.27. The van der Waals surface area contributed by atoms with Gasteiger partial charge in [-0.05, 0) is 36.6 Å². The number of halogens is 3. The second kappa shape index (κ2) is 4.74. The summed E-state index contributed by atoms with van der Waals surface area (Å²) >= 11 is 0. The van der Waals surface area contributed by atoms with Crippen molar-refractivity contribution in [2.45, 2.75) is 19.2 Å². The first kappa shape index (κ1) is 12.8. The van der Waals surface area contributed by atoms with E-state index in [0.29, 0.717) is 5.52 Å². The molecule has 0 radical (unpaired) electrons. The molecule has 0 spiro atoms. The van der Waals surface area contributed by atoms with Gasteiger partial charge in [0.2, 0.25) is 0 Å². The zero-order valence-electron chi connectivity index (χ0n) is 10.5. The number of H-pyrrole nitrogens is 1. The number of nitrogens with one attached hydrogen (secondary N) is 1. The zero-order chi connectivity index (χ0) is 14.2. The van der Waals surface area contributed by atoms with Gasteiger partial charge in [0.25, 0.3) is 0 Å². The molecule has 1 aromatic heterocycles. The van der Waals surface area contributed by atoms with Crippen LogP contribution >= 0.6 is 0 Å². The van der Waals surface area contributed by atoms with Gasteiger partial charge in [-0.2, -0.15) is 0 Å². The van der Waals surface area contributed by atoms with Crippen LogP contribution in [-0.4, -0.2) is 11.3 Å². The van der Waals surface area contributed by atoms with Gasteiger partial charge in [0.1, 0.15) is 5.75 Å².